The molecule has 0 atom stereocenters. The van der Waals surface area contributed by atoms with E-state index in [4.69, 9.17) is 4.98 Å². The first kappa shape index (κ1) is 17.1. The molecule has 3 aromatic heterocycles. The summed E-state index contributed by atoms with van der Waals surface area (Å²) in [5.74, 6) is 2.20. The van der Waals surface area contributed by atoms with Crippen molar-refractivity contribution in [2.24, 2.45) is 0 Å². The average Bonchev–Trinajstić information content (AvgIpc) is 3.15. The number of benzene rings is 2. The molecule has 5 aromatic rings. The Hall–Kier alpha value is -2.76. The van der Waals surface area contributed by atoms with Gasteiger partial charge in [0, 0.05) is 28.0 Å². The zero-order chi connectivity index (χ0) is 19.2. The van der Waals surface area contributed by atoms with Crippen LogP contribution in [-0.4, -0.2) is 20.9 Å². The monoisotopic (exact) mass is 411 g/mol. The first-order valence-corrected chi connectivity index (χ1v) is 11.7. The molecular formula is C24H17N3S2. The zero-order valence-electron chi connectivity index (χ0n) is 15.6. The van der Waals surface area contributed by atoms with E-state index in [0.29, 0.717) is 0 Å². The van der Waals surface area contributed by atoms with Gasteiger partial charge in [-0.1, -0.05) is 60.7 Å². The third-order valence-corrected chi connectivity index (χ3v) is 7.41. The molecule has 0 N–H and O–H groups in total. The van der Waals surface area contributed by atoms with Gasteiger partial charge in [0.15, 0.2) is 0 Å². The highest BCUT2D eigenvalue weighted by atomic mass is 32.2. The van der Waals surface area contributed by atoms with E-state index in [1.165, 1.54) is 16.0 Å². The van der Waals surface area contributed by atoms with Crippen LogP contribution in [0.3, 0.4) is 0 Å². The van der Waals surface area contributed by atoms with E-state index in [0.717, 1.165) is 56.0 Å². The quantitative estimate of drug-likeness (QED) is 0.339. The van der Waals surface area contributed by atoms with Crippen LogP contribution >= 0.6 is 23.1 Å². The smallest absolute Gasteiger partial charge is 0.149 e. The van der Waals surface area contributed by atoms with E-state index < -0.39 is 0 Å². The van der Waals surface area contributed by atoms with Crippen LogP contribution in [0, 0.1) is 0 Å². The van der Waals surface area contributed by atoms with Crippen molar-refractivity contribution in [3.63, 3.8) is 0 Å². The van der Waals surface area contributed by atoms with E-state index >= 15 is 0 Å². The molecule has 0 unspecified atom stereocenters. The van der Waals surface area contributed by atoms with Crippen LogP contribution in [0.2, 0.25) is 0 Å². The molecular weight excluding hydrogens is 394 g/mol. The number of thioether (sulfide) groups is 1. The fourth-order valence-corrected chi connectivity index (χ4v) is 6.01. The highest BCUT2D eigenvalue weighted by molar-refractivity contribution is 7.98. The van der Waals surface area contributed by atoms with Gasteiger partial charge in [-0.2, -0.15) is 11.8 Å². The SMILES string of the molecule is c1ccc(-c2nnc3sc4cc5c(nc4c3c2-c2ccccc2)CCSC5)cc1. The number of rotatable bonds is 2. The zero-order valence-corrected chi connectivity index (χ0v) is 17.3. The Kier molecular flexibility index (Phi) is 4.10. The second-order valence-corrected chi connectivity index (χ2v) is 9.32. The van der Waals surface area contributed by atoms with Crippen molar-refractivity contribution in [3.05, 3.63) is 78.0 Å². The van der Waals surface area contributed by atoms with Crippen LogP contribution in [-0.2, 0) is 12.2 Å². The lowest BCUT2D eigenvalue weighted by molar-refractivity contribution is 1.01. The van der Waals surface area contributed by atoms with Crippen molar-refractivity contribution in [2.45, 2.75) is 12.2 Å². The summed E-state index contributed by atoms with van der Waals surface area (Å²) >= 11 is 3.69. The summed E-state index contributed by atoms with van der Waals surface area (Å²) in [6.07, 6.45) is 1.04. The van der Waals surface area contributed by atoms with Crippen molar-refractivity contribution < 1.29 is 0 Å². The Morgan fingerprint density at radius 1 is 0.828 bits per heavy atom. The van der Waals surface area contributed by atoms with Gasteiger partial charge in [0.25, 0.3) is 0 Å². The van der Waals surface area contributed by atoms with Crippen LogP contribution < -0.4 is 0 Å². The lowest BCUT2D eigenvalue weighted by Crippen LogP contribution is -2.04. The number of thiophene rings is 1. The fraction of sp³-hybridized carbons (Fsp3) is 0.125. The molecule has 0 amide bonds. The highest BCUT2D eigenvalue weighted by Gasteiger charge is 2.21. The van der Waals surface area contributed by atoms with Crippen molar-refractivity contribution in [1.82, 2.24) is 15.2 Å². The number of aromatic nitrogens is 3. The first-order chi connectivity index (χ1) is 14.4. The average molecular weight is 412 g/mol. The highest BCUT2D eigenvalue weighted by Crippen LogP contribution is 2.43. The van der Waals surface area contributed by atoms with Crippen LogP contribution in [0.1, 0.15) is 11.3 Å². The Morgan fingerprint density at radius 3 is 2.38 bits per heavy atom. The summed E-state index contributed by atoms with van der Waals surface area (Å²) < 4.78 is 1.21. The Balaban J connectivity index is 1.74. The van der Waals surface area contributed by atoms with Gasteiger partial charge in [0.1, 0.15) is 10.5 Å². The van der Waals surface area contributed by atoms with Gasteiger partial charge < -0.3 is 0 Å². The number of hydrogen-bond donors (Lipinski definition) is 0. The normalized spacial score (nSPS) is 13.7. The van der Waals surface area contributed by atoms with Gasteiger partial charge in [-0.15, -0.1) is 21.5 Å². The molecule has 0 saturated heterocycles. The van der Waals surface area contributed by atoms with Gasteiger partial charge in [0.05, 0.1) is 10.2 Å². The third-order valence-electron chi connectivity index (χ3n) is 5.39. The molecule has 1 aliphatic heterocycles. The molecule has 5 heteroatoms. The van der Waals surface area contributed by atoms with E-state index in [9.17, 15) is 0 Å². The minimum atomic E-state index is 0.916. The maximum atomic E-state index is 5.15. The second kappa shape index (κ2) is 6.94. The lowest BCUT2D eigenvalue weighted by Gasteiger charge is -2.14. The van der Waals surface area contributed by atoms with Crippen molar-refractivity contribution in [1.29, 1.82) is 0 Å². The van der Waals surface area contributed by atoms with Gasteiger partial charge in [-0.05, 0) is 29.4 Å². The molecule has 2 aromatic carbocycles. The van der Waals surface area contributed by atoms with Crippen molar-refractivity contribution in [2.75, 3.05) is 5.75 Å². The maximum Gasteiger partial charge on any atom is 0.149 e. The summed E-state index contributed by atoms with van der Waals surface area (Å²) in [7, 11) is 0. The topological polar surface area (TPSA) is 38.7 Å². The summed E-state index contributed by atoms with van der Waals surface area (Å²) in [5, 5.41) is 10.4. The third kappa shape index (κ3) is 2.84. The van der Waals surface area contributed by atoms with Gasteiger partial charge in [-0.25, -0.2) is 0 Å². The summed E-state index contributed by atoms with van der Waals surface area (Å²) in [5.41, 5.74) is 7.97. The molecule has 140 valence electrons. The molecule has 0 saturated carbocycles. The van der Waals surface area contributed by atoms with E-state index in [1.807, 2.05) is 30.0 Å². The number of nitrogens with zero attached hydrogens (tertiary/aromatic N) is 3. The first-order valence-electron chi connectivity index (χ1n) is 9.69. The van der Waals surface area contributed by atoms with Crippen LogP contribution in [0.15, 0.2) is 66.7 Å². The number of aryl methyl sites for hydroxylation is 1. The minimum Gasteiger partial charge on any atom is -0.251 e. The van der Waals surface area contributed by atoms with Gasteiger partial charge >= 0.3 is 0 Å². The Morgan fingerprint density at radius 2 is 1.59 bits per heavy atom. The summed E-state index contributed by atoms with van der Waals surface area (Å²) in [6, 6.07) is 23.2. The Labute approximate surface area is 176 Å². The predicted molar refractivity (Wildman–Crippen MR) is 123 cm³/mol. The molecule has 1 aliphatic rings. The molecule has 6 rings (SSSR count). The standard InChI is InChI=1S/C24H17N3S2/c1-3-7-15(8-4-1)20-21-23-19(13-17-14-28-12-11-18(17)25-23)29-24(21)27-26-22(20)16-9-5-2-6-10-16/h1-10,13H,11-12,14H2. The Bertz CT molecular complexity index is 1340. The predicted octanol–water partition coefficient (Wildman–Crippen LogP) is 6.36. The molecule has 0 spiro atoms. The molecule has 0 aliphatic carbocycles. The van der Waals surface area contributed by atoms with E-state index in [-0.39, 0.29) is 0 Å². The molecule has 0 fully saturated rings. The molecule has 0 bridgehead atoms. The van der Waals surface area contributed by atoms with Crippen LogP contribution in [0.5, 0.6) is 0 Å². The minimum absolute atomic E-state index is 0.916. The molecule has 3 nitrogen and oxygen atoms in total. The number of hydrogen-bond acceptors (Lipinski definition) is 5. The summed E-state index contributed by atoms with van der Waals surface area (Å²) in [6.45, 7) is 0. The van der Waals surface area contributed by atoms with E-state index in [2.05, 4.69) is 58.7 Å². The van der Waals surface area contributed by atoms with Crippen LogP contribution in [0.25, 0.3) is 42.8 Å². The van der Waals surface area contributed by atoms with Crippen molar-refractivity contribution in [3.8, 4) is 22.4 Å². The van der Waals surface area contributed by atoms with Gasteiger partial charge in [-0.3, -0.25) is 4.98 Å². The van der Waals surface area contributed by atoms with Crippen molar-refractivity contribution >= 4 is 43.5 Å². The largest absolute Gasteiger partial charge is 0.251 e. The van der Waals surface area contributed by atoms with E-state index in [1.54, 1.807) is 11.3 Å². The molecule has 4 heterocycles. The van der Waals surface area contributed by atoms with Gasteiger partial charge in [0.2, 0.25) is 0 Å². The fourth-order valence-electron chi connectivity index (χ4n) is 4.02. The van der Waals surface area contributed by atoms with Crippen LogP contribution in [0.4, 0.5) is 0 Å². The maximum absolute atomic E-state index is 5.15. The lowest BCUT2D eigenvalue weighted by atomic mass is 9.97. The molecule has 29 heavy (non-hydrogen) atoms. The summed E-state index contributed by atoms with van der Waals surface area (Å²) in [4.78, 5) is 6.11. The number of pyridine rings is 1. The number of fused-ring (bicyclic) bond motifs is 4. The second-order valence-electron chi connectivity index (χ2n) is 7.18. The molecule has 0 radical (unpaired) electrons.